The molecule has 1 saturated carbocycles. The van der Waals surface area contributed by atoms with Gasteiger partial charge in [-0.2, -0.15) is 0 Å². The molecule has 0 bridgehead atoms. The van der Waals surface area contributed by atoms with Gasteiger partial charge in [0, 0.05) is 13.1 Å². The molecule has 2 rings (SSSR count). The topological polar surface area (TPSA) is 29.5 Å². The van der Waals surface area contributed by atoms with Crippen molar-refractivity contribution in [3.63, 3.8) is 0 Å². The Balaban J connectivity index is 1.98. The fraction of sp³-hybridized carbons (Fsp3) is 0.611. The van der Waals surface area contributed by atoms with E-state index >= 15 is 0 Å². The molecule has 0 N–H and O–H groups in total. The van der Waals surface area contributed by atoms with Crippen molar-refractivity contribution in [1.82, 2.24) is 4.90 Å². The van der Waals surface area contributed by atoms with Gasteiger partial charge in [0.05, 0.1) is 0 Å². The Bertz CT molecular complexity index is 466. The Hall–Kier alpha value is -1.51. The van der Waals surface area contributed by atoms with Crippen LogP contribution < -0.4 is 4.74 Å². The van der Waals surface area contributed by atoms with Gasteiger partial charge in [0.2, 0.25) is 0 Å². The van der Waals surface area contributed by atoms with E-state index in [2.05, 4.69) is 13.0 Å². The lowest BCUT2D eigenvalue weighted by atomic mass is 9.94. The lowest BCUT2D eigenvalue weighted by molar-refractivity contribution is -0.139. The number of amides is 1. The molecule has 3 nitrogen and oxygen atoms in total. The summed E-state index contributed by atoms with van der Waals surface area (Å²) >= 11 is 0. The van der Waals surface area contributed by atoms with Crippen molar-refractivity contribution in [3.8, 4) is 5.75 Å². The molecule has 1 aromatic rings. The van der Waals surface area contributed by atoms with E-state index in [1.54, 1.807) is 0 Å². The monoisotopic (exact) mass is 289 g/mol. The summed E-state index contributed by atoms with van der Waals surface area (Å²) < 4.78 is 5.92. The van der Waals surface area contributed by atoms with Crippen molar-refractivity contribution in [2.45, 2.75) is 64.5 Å². The molecule has 0 unspecified atom stereocenters. The highest BCUT2D eigenvalue weighted by molar-refractivity contribution is 5.81. The van der Waals surface area contributed by atoms with Crippen LogP contribution >= 0.6 is 0 Å². The Kier molecular flexibility index (Phi) is 5.66. The van der Waals surface area contributed by atoms with Gasteiger partial charge in [-0.3, -0.25) is 4.79 Å². The molecule has 0 radical (unpaired) electrons. The van der Waals surface area contributed by atoms with E-state index in [1.165, 1.54) is 19.3 Å². The van der Waals surface area contributed by atoms with Crippen LogP contribution in [-0.2, 0) is 11.2 Å². The summed E-state index contributed by atoms with van der Waals surface area (Å²) in [6, 6.07) is 8.35. The van der Waals surface area contributed by atoms with Gasteiger partial charge in [-0.15, -0.1) is 0 Å². The Morgan fingerprint density at radius 1 is 1.29 bits per heavy atom. The summed E-state index contributed by atoms with van der Waals surface area (Å²) in [4.78, 5) is 14.4. The first kappa shape index (κ1) is 15.9. The first-order valence-electron chi connectivity index (χ1n) is 8.14. The molecule has 21 heavy (non-hydrogen) atoms. The summed E-state index contributed by atoms with van der Waals surface area (Å²) in [5, 5.41) is 0. The van der Waals surface area contributed by atoms with Crippen molar-refractivity contribution >= 4 is 5.91 Å². The van der Waals surface area contributed by atoms with Gasteiger partial charge >= 0.3 is 0 Å². The molecule has 116 valence electrons. The SMILES string of the molecule is CCc1ccccc1O[C@H](C)C(=O)N(C)C1CCCCC1. The van der Waals surface area contributed by atoms with Crippen LogP contribution in [0, 0.1) is 0 Å². The third kappa shape index (κ3) is 3.99. The number of benzene rings is 1. The number of hydrogen-bond acceptors (Lipinski definition) is 2. The number of nitrogens with zero attached hydrogens (tertiary/aromatic N) is 1. The van der Waals surface area contributed by atoms with E-state index < -0.39 is 6.10 Å². The van der Waals surface area contributed by atoms with Crippen LogP contribution in [0.15, 0.2) is 24.3 Å². The Morgan fingerprint density at radius 3 is 2.62 bits per heavy atom. The second-order valence-electron chi connectivity index (χ2n) is 5.96. The molecule has 0 aliphatic heterocycles. The molecule has 1 aliphatic carbocycles. The standard InChI is InChI=1S/C18H27NO2/c1-4-15-10-8-9-13-17(15)21-14(2)18(20)19(3)16-11-6-5-7-12-16/h8-10,13-14,16H,4-7,11-12H2,1-3H3/t14-/m1/s1. The molecule has 0 heterocycles. The molecular formula is C18H27NO2. The van der Waals surface area contributed by atoms with Crippen molar-refractivity contribution in [2.24, 2.45) is 0 Å². The maximum Gasteiger partial charge on any atom is 0.263 e. The number of rotatable bonds is 5. The van der Waals surface area contributed by atoms with Gasteiger partial charge in [-0.05, 0) is 37.8 Å². The summed E-state index contributed by atoms with van der Waals surface area (Å²) in [5.74, 6) is 0.922. The van der Waals surface area contributed by atoms with Crippen LogP contribution in [0.25, 0.3) is 0 Å². The lowest BCUT2D eigenvalue weighted by Crippen LogP contribution is -2.44. The molecular weight excluding hydrogens is 262 g/mol. The molecule has 1 atom stereocenters. The van der Waals surface area contributed by atoms with Crippen molar-refractivity contribution < 1.29 is 9.53 Å². The highest BCUT2D eigenvalue weighted by atomic mass is 16.5. The van der Waals surface area contributed by atoms with Crippen molar-refractivity contribution in [3.05, 3.63) is 29.8 Å². The highest BCUT2D eigenvalue weighted by Crippen LogP contribution is 2.24. The van der Waals surface area contributed by atoms with Gasteiger partial charge in [-0.25, -0.2) is 0 Å². The number of carbonyl (C=O) groups is 1. The number of carbonyl (C=O) groups excluding carboxylic acids is 1. The molecule has 0 saturated heterocycles. The first-order chi connectivity index (χ1) is 10.1. The van der Waals surface area contributed by atoms with Gasteiger partial charge in [0.1, 0.15) is 5.75 Å². The van der Waals surface area contributed by atoms with E-state index in [9.17, 15) is 4.79 Å². The van der Waals surface area contributed by atoms with Crippen molar-refractivity contribution in [2.75, 3.05) is 7.05 Å². The third-order valence-corrected chi connectivity index (χ3v) is 4.48. The maximum atomic E-state index is 12.5. The van der Waals surface area contributed by atoms with Crippen LogP contribution in [0.3, 0.4) is 0 Å². The second kappa shape index (κ2) is 7.48. The molecule has 1 fully saturated rings. The summed E-state index contributed by atoms with van der Waals surface area (Å²) in [7, 11) is 1.92. The van der Waals surface area contributed by atoms with E-state index in [0.717, 1.165) is 30.6 Å². The summed E-state index contributed by atoms with van der Waals surface area (Å²) in [6.45, 7) is 3.96. The highest BCUT2D eigenvalue weighted by Gasteiger charge is 2.26. The maximum absolute atomic E-state index is 12.5. The number of likely N-dealkylation sites (N-methyl/N-ethyl adjacent to an activating group) is 1. The zero-order chi connectivity index (χ0) is 15.2. The van der Waals surface area contributed by atoms with Crippen LogP contribution in [0.5, 0.6) is 5.75 Å². The quantitative estimate of drug-likeness (QED) is 0.825. The molecule has 1 amide bonds. The van der Waals surface area contributed by atoms with E-state index in [0.29, 0.717) is 6.04 Å². The zero-order valence-corrected chi connectivity index (χ0v) is 13.5. The van der Waals surface area contributed by atoms with Crippen LogP contribution in [0.4, 0.5) is 0 Å². The number of aryl methyl sites for hydroxylation is 1. The predicted octanol–water partition coefficient (Wildman–Crippen LogP) is 3.81. The third-order valence-electron chi connectivity index (χ3n) is 4.48. The van der Waals surface area contributed by atoms with Crippen LogP contribution in [0.2, 0.25) is 0 Å². The smallest absolute Gasteiger partial charge is 0.263 e. The van der Waals surface area contributed by atoms with E-state index in [4.69, 9.17) is 4.74 Å². The minimum atomic E-state index is -0.426. The molecule has 3 heteroatoms. The van der Waals surface area contributed by atoms with Gasteiger partial charge < -0.3 is 9.64 Å². The first-order valence-corrected chi connectivity index (χ1v) is 8.14. The fourth-order valence-electron chi connectivity index (χ4n) is 3.09. The molecule has 1 aliphatic rings. The number of para-hydroxylation sites is 1. The number of ether oxygens (including phenoxy) is 1. The average Bonchev–Trinajstić information content (AvgIpc) is 2.54. The minimum Gasteiger partial charge on any atom is -0.481 e. The van der Waals surface area contributed by atoms with E-state index in [-0.39, 0.29) is 5.91 Å². The molecule has 1 aromatic carbocycles. The summed E-state index contributed by atoms with van der Waals surface area (Å²) in [6.07, 6.45) is 6.50. The summed E-state index contributed by atoms with van der Waals surface area (Å²) in [5.41, 5.74) is 1.15. The van der Waals surface area contributed by atoms with Crippen LogP contribution in [-0.4, -0.2) is 30.0 Å². The van der Waals surface area contributed by atoms with Gasteiger partial charge in [-0.1, -0.05) is 44.4 Å². The minimum absolute atomic E-state index is 0.0906. The van der Waals surface area contributed by atoms with Crippen molar-refractivity contribution in [1.29, 1.82) is 0 Å². The predicted molar refractivity (Wildman–Crippen MR) is 85.6 cm³/mol. The normalized spacial score (nSPS) is 17.3. The Morgan fingerprint density at radius 2 is 1.95 bits per heavy atom. The van der Waals surface area contributed by atoms with E-state index in [1.807, 2.05) is 37.1 Å². The average molecular weight is 289 g/mol. The zero-order valence-electron chi connectivity index (χ0n) is 13.5. The van der Waals surface area contributed by atoms with Gasteiger partial charge in [0.15, 0.2) is 6.10 Å². The molecule has 0 aromatic heterocycles. The Labute approximate surface area is 128 Å². The van der Waals surface area contributed by atoms with Crippen LogP contribution in [0.1, 0.15) is 51.5 Å². The largest absolute Gasteiger partial charge is 0.481 e. The van der Waals surface area contributed by atoms with Gasteiger partial charge in [0.25, 0.3) is 5.91 Å². The molecule has 0 spiro atoms. The lowest BCUT2D eigenvalue weighted by Gasteiger charge is -2.33. The second-order valence-corrected chi connectivity index (χ2v) is 5.96. The number of hydrogen-bond donors (Lipinski definition) is 0. The fourth-order valence-corrected chi connectivity index (χ4v) is 3.09.